The predicted octanol–water partition coefficient (Wildman–Crippen LogP) is 3.11. The molecule has 28 heavy (non-hydrogen) atoms. The molecule has 3 aromatic rings. The summed E-state index contributed by atoms with van der Waals surface area (Å²) in [6.07, 6.45) is 0. The first-order valence-corrected chi connectivity index (χ1v) is 10.5. The van der Waals surface area contributed by atoms with E-state index in [1.807, 2.05) is 36.4 Å². The molecule has 6 nitrogen and oxygen atoms in total. The minimum atomic E-state index is -3.55. The molecular formula is C21H20N2O4S. The Morgan fingerprint density at radius 3 is 2.32 bits per heavy atom. The lowest BCUT2D eigenvalue weighted by Gasteiger charge is -2.26. The van der Waals surface area contributed by atoms with Gasteiger partial charge in [-0.2, -0.15) is 4.31 Å². The van der Waals surface area contributed by atoms with Crippen LogP contribution in [0.2, 0.25) is 0 Å². The van der Waals surface area contributed by atoms with E-state index in [2.05, 4.69) is 5.32 Å². The molecule has 7 heteroatoms. The van der Waals surface area contributed by atoms with Gasteiger partial charge in [0, 0.05) is 24.3 Å². The third-order valence-electron chi connectivity index (χ3n) is 4.75. The van der Waals surface area contributed by atoms with Crippen LogP contribution in [0.1, 0.15) is 10.4 Å². The molecule has 3 aromatic carbocycles. The number of ether oxygens (including phenoxy) is 1. The second-order valence-electron chi connectivity index (χ2n) is 6.52. The Bertz CT molecular complexity index is 1100. The summed E-state index contributed by atoms with van der Waals surface area (Å²) in [5, 5.41) is 4.70. The van der Waals surface area contributed by atoms with E-state index in [-0.39, 0.29) is 10.8 Å². The first-order chi connectivity index (χ1) is 13.6. The molecule has 0 atom stereocenters. The molecule has 0 bridgehead atoms. The van der Waals surface area contributed by atoms with E-state index >= 15 is 0 Å². The maximum Gasteiger partial charge on any atom is 0.256 e. The number of benzene rings is 3. The van der Waals surface area contributed by atoms with Gasteiger partial charge in [-0.05, 0) is 41.1 Å². The largest absolute Gasteiger partial charge is 0.379 e. The lowest BCUT2D eigenvalue weighted by Crippen LogP contribution is -2.40. The summed E-state index contributed by atoms with van der Waals surface area (Å²) in [6, 6.07) is 19.5. The third-order valence-corrected chi connectivity index (χ3v) is 6.67. The Balaban J connectivity index is 1.54. The van der Waals surface area contributed by atoms with Gasteiger partial charge in [0.25, 0.3) is 5.91 Å². The summed E-state index contributed by atoms with van der Waals surface area (Å²) in [4.78, 5) is 12.9. The predicted molar refractivity (Wildman–Crippen MR) is 108 cm³/mol. The molecule has 0 saturated carbocycles. The average molecular weight is 396 g/mol. The Labute approximate surface area is 163 Å². The molecule has 1 N–H and O–H groups in total. The Morgan fingerprint density at radius 1 is 0.893 bits per heavy atom. The summed E-state index contributed by atoms with van der Waals surface area (Å²) in [5.41, 5.74) is 1.11. The fourth-order valence-electron chi connectivity index (χ4n) is 3.27. The molecule has 1 aliphatic rings. The van der Waals surface area contributed by atoms with Crippen LogP contribution in [0.15, 0.2) is 71.6 Å². The smallest absolute Gasteiger partial charge is 0.256 e. The average Bonchev–Trinajstić information content (AvgIpc) is 2.74. The number of carbonyl (C=O) groups excluding carboxylic acids is 1. The molecule has 1 fully saturated rings. The molecule has 1 heterocycles. The monoisotopic (exact) mass is 396 g/mol. The van der Waals surface area contributed by atoms with E-state index in [0.717, 1.165) is 10.8 Å². The fourth-order valence-corrected chi connectivity index (χ4v) is 4.68. The van der Waals surface area contributed by atoms with E-state index in [4.69, 9.17) is 4.74 Å². The van der Waals surface area contributed by atoms with Gasteiger partial charge in [-0.1, -0.05) is 36.4 Å². The topological polar surface area (TPSA) is 75.7 Å². The van der Waals surface area contributed by atoms with Crippen molar-refractivity contribution in [2.75, 3.05) is 31.6 Å². The van der Waals surface area contributed by atoms with Crippen LogP contribution in [-0.4, -0.2) is 44.9 Å². The highest BCUT2D eigenvalue weighted by Gasteiger charge is 2.26. The second kappa shape index (κ2) is 7.71. The maximum atomic E-state index is 12.7. The van der Waals surface area contributed by atoms with E-state index in [1.165, 1.54) is 16.4 Å². The van der Waals surface area contributed by atoms with Crippen LogP contribution >= 0.6 is 0 Å². The van der Waals surface area contributed by atoms with Crippen molar-refractivity contribution < 1.29 is 17.9 Å². The first-order valence-electron chi connectivity index (χ1n) is 9.03. The second-order valence-corrected chi connectivity index (χ2v) is 8.46. The summed E-state index contributed by atoms with van der Waals surface area (Å²) < 4.78 is 32.0. The van der Waals surface area contributed by atoms with Crippen LogP contribution < -0.4 is 5.32 Å². The van der Waals surface area contributed by atoms with Gasteiger partial charge >= 0.3 is 0 Å². The zero-order chi connectivity index (χ0) is 19.6. The van der Waals surface area contributed by atoms with Crippen molar-refractivity contribution in [2.45, 2.75) is 4.90 Å². The number of sulfonamides is 1. The molecule has 0 radical (unpaired) electrons. The molecule has 0 aromatic heterocycles. The van der Waals surface area contributed by atoms with Crippen LogP contribution in [0.5, 0.6) is 0 Å². The summed E-state index contributed by atoms with van der Waals surface area (Å²) >= 11 is 0. The van der Waals surface area contributed by atoms with Crippen LogP contribution in [0.3, 0.4) is 0 Å². The van der Waals surface area contributed by atoms with Crippen molar-refractivity contribution in [3.63, 3.8) is 0 Å². The number of anilines is 1. The van der Waals surface area contributed by atoms with E-state index in [0.29, 0.717) is 37.6 Å². The number of nitrogens with one attached hydrogen (secondary N) is 1. The van der Waals surface area contributed by atoms with E-state index < -0.39 is 10.0 Å². The molecule has 144 valence electrons. The third kappa shape index (κ3) is 3.64. The summed E-state index contributed by atoms with van der Waals surface area (Å²) in [6.45, 7) is 1.50. The van der Waals surface area contributed by atoms with Gasteiger partial charge in [0.05, 0.1) is 18.1 Å². The number of fused-ring (bicyclic) bond motifs is 1. The molecular weight excluding hydrogens is 376 g/mol. The highest BCUT2D eigenvalue weighted by molar-refractivity contribution is 7.89. The molecule has 1 saturated heterocycles. The van der Waals surface area contributed by atoms with Crippen molar-refractivity contribution in [2.24, 2.45) is 0 Å². The van der Waals surface area contributed by atoms with Crippen LogP contribution in [0, 0.1) is 0 Å². The molecule has 0 unspecified atom stereocenters. The number of hydrogen-bond donors (Lipinski definition) is 1. The van der Waals surface area contributed by atoms with Gasteiger partial charge in [0.15, 0.2) is 0 Å². The van der Waals surface area contributed by atoms with Gasteiger partial charge < -0.3 is 10.1 Å². The lowest BCUT2D eigenvalue weighted by atomic mass is 10.0. The number of morpholine rings is 1. The Morgan fingerprint density at radius 2 is 1.57 bits per heavy atom. The molecule has 1 aliphatic heterocycles. The van der Waals surface area contributed by atoms with Crippen molar-refractivity contribution in [3.05, 3.63) is 72.3 Å². The standard InChI is InChI=1S/C21H20N2O4S/c24-21(20-7-3-5-16-4-1-2-6-19(16)20)22-17-8-10-18(11-9-17)28(25,26)23-12-14-27-15-13-23/h1-11H,12-15H2,(H,22,24). The summed E-state index contributed by atoms with van der Waals surface area (Å²) in [7, 11) is -3.55. The number of nitrogens with zero attached hydrogens (tertiary/aromatic N) is 1. The number of carbonyl (C=O) groups is 1. The molecule has 0 aliphatic carbocycles. The van der Waals surface area contributed by atoms with Crippen LogP contribution in [-0.2, 0) is 14.8 Å². The van der Waals surface area contributed by atoms with Gasteiger partial charge in [-0.15, -0.1) is 0 Å². The molecule has 4 rings (SSSR count). The minimum Gasteiger partial charge on any atom is -0.379 e. The van der Waals surface area contributed by atoms with E-state index in [1.54, 1.807) is 18.2 Å². The zero-order valence-corrected chi connectivity index (χ0v) is 16.0. The number of rotatable bonds is 4. The lowest BCUT2D eigenvalue weighted by molar-refractivity contribution is 0.0730. The molecule has 0 spiro atoms. The maximum absolute atomic E-state index is 12.7. The quantitative estimate of drug-likeness (QED) is 0.735. The van der Waals surface area contributed by atoms with Crippen molar-refractivity contribution >= 4 is 32.4 Å². The van der Waals surface area contributed by atoms with Gasteiger partial charge in [-0.25, -0.2) is 8.42 Å². The Kier molecular flexibility index (Phi) is 5.13. The SMILES string of the molecule is O=C(Nc1ccc(S(=O)(=O)N2CCOCC2)cc1)c1cccc2ccccc12. The van der Waals surface area contributed by atoms with Crippen LogP contribution in [0.4, 0.5) is 5.69 Å². The van der Waals surface area contributed by atoms with Crippen molar-refractivity contribution in [1.29, 1.82) is 0 Å². The zero-order valence-electron chi connectivity index (χ0n) is 15.2. The van der Waals surface area contributed by atoms with Crippen molar-refractivity contribution in [3.8, 4) is 0 Å². The normalized spacial score (nSPS) is 15.4. The first kappa shape index (κ1) is 18.6. The van der Waals surface area contributed by atoms with E-state index in [9.17, 15) is 13.2 Å². The molecule has 1 amide bonds. The van der Waals surface area contributed by atoms with Crippen molar-refractivity contribution in [1.82, 2.24) is 4.31 Å². The van der Waals surface area contributed by atoms with Gasteiger partial charge in [0.2, 0.25) is 10.0 Å². The van der Waals surface area contributed by atoms with Gasteiger partial charge in [-0.3, -0.25) is 4.79 Å². The number of amides is 1. The number of hydrogen-bond acceptors (Lipinski definition) is 4. The highest BCUT2D eigenvalue weighted by Crippen LogP contribution is 2.22. The van der Waals surface area contributed by atoms with Gasteiger partial charge in [0.1, 0.15) is 0 Å². The minimum absolute atomic E-state index is 0.206. The van der Waals surface area contributed by atoms with Crippen LogP contribution in [0.25, 0.3) is 10.8 Å². The fraction of sp³-hybridized carbons (Fsp3) is 0.190. The Hall–Kier alpha value is -2.74. The summed E-state index contributed by atoms with van der Waals surface area (Å²) in [5.74, 6) is -0.236. The highest BCUT2D eigenvalue weighted by atomic mass is 32.2.